The molecule has 2 aliphatic rings. The van der Waals surface area contributed by atoms with Crippen LogP contribution in [0.5, 0.6) is 5.75 Å². The summed E-state index contributed by atoms with van der Waals surface area (Å²) in [6.07, 6.45) is -8.04. The fourth-order valence-electron chi connectivity index (χ4n) is 4.21. The van der Waals surface area contributed by atoms with Crippen LogP contribution in [-0.4, -0.2) is 55.3 Å². The predicted octanol–water partition coefficient (Wildman–Crippen LogP) is 4.62. The first-order valence-corrected chi connectivity index (χ1v) is 10.3. The van der Waals surface area contributed by atoms with Crippen LogP contribution < -0.4 is 9.64 Å². The van der Waals surface area contributed by atoms with Gasteiger partial charge in [-0.05, 0) is 56.4 Å². The summed E-state index contributed by atoms with van der Waals surface area (Å²) in [6, 6.07) is 5.79. The Bertz CT molecular complexity index is 785. The predicted molar refractivity (Wildman–Crippen MR) is 102 cm³/mol. The van der Waals surface area contributed by atoms with Crippen molar-refractivity contribution >= 4 is 11.6 Å². The van der Waals surface area contributed by atoms with Crippen molar-refractivity contribution in [2.75, 3.05) is 31.3 Å². The zero-order chi connectivity index (χ0) is 23.6. The number of benzene rings is 1. The van der Waals surface area contributed by atoms with Gasteiger partial charge >= 0.3 is 12.4 Å². The van der Waals surface area contributed by atoms with Crippen molar-refractivity contribution in [2.24, 2.45) is 5.41 Å². The first-order chi connectivity index (χ1) is 14.8. The molecule has 2 fully saturated rings. The summed E-state index contributed by atoms with van der Waals surface area (Å²) < 4.78 is 83.1. The minimum Gasteiger partial charge on any atom is -0.484 e. The second-order valence-electron chi connectivity index (χ2n) is 8.53. The Labute approximate surface area is 181 Å². The third-order valence-electron chi connectivity index (χ3n) is 6.10. The van der Waals surface area contributed by atoms with Crippen molar-refractivity contribution in [3.05, 3.63) is 24.3 Å². The van der Waals surface area contributed by atoms with Gasteiger partial charge in [0.25, 0.3) is 0 Å². The Morgan fingerprint density at radius 2 is 1.56 bits per heavy atom. The van der Waals surface area contributed by atoms with Crippen LogP contribution >= 0.6 is 0 Å². The quantitative estimate of drug-likeness (QED) is 0.468. The van der Waals surface area contributed by atoms with Gasteiger partial charge in [0.2, 0.25) is 5.91 Å². The van der Waals surface area contributed by atoms with E-state index in [0.717, 1.165) is 0 Å². The number of anilines is 1. The molecule has 1 saturated heterocycles. The van der Waals surface area contributed by atoms with Crippen molar-refractivity contribution in [1.29, 1.82) is 0 Å². The largest absolute Gasteiger partial charge is 0.484 e. The number of hydrogen-bond donors (Lipinski definition) is 1. The van der Waals surface area contributed by atoms with Crippen molar-refractivity contribution < 1.29 is 45.7 Å². The van der Waals surface area contributed by atoms with Gasteiger partial charge < -0.3 is 19.5 Å². The number of amides is 1. The van der Waals surface area contributed by atoms with E-state index in [1.54, 1.807) is 4.90 Å². The number of rotatable bonds is 7. The lowest BCUT2D eigenvalue weighted by Crippen LogP contribution is -2.45. The highest BCUT2D eigenvalue weighted by atomic mass is 19.4. The van der Waals surface area contributed by atoms with Crippen LogP contribution in [0.2, 0.25) is 0 Å². The Morgan fingerprint density at radius 3 is 2.12 bits per heavy atom. The minimum atomic E-state index is -4.44. The smallest absolute Gasteiger partial charge is 0.422 e. The number of carbonyl (C=O) groups excluding carboxylic acids is 1. The molecule has 0 radical (unpaired) electrons. The summed E-state index contributed by atoms with van der Waals surface area (Å²) in [5.74, 6) is -0.0813. The average molecular weight is 469 g/mol. The number of aliphatic hydroxyl groups is 1. The second-order valence-corrected chi connectivity index (χ2v) is 8.53. The van der Waals surface area contributed by atoms with Crippen LogP contribution in [0.15, 0.2) is 24.3 Å². The summed E-state index contributed by atoms with van der Waals surface area (Å²) in [6.45, 7) is -1.70. The van der Waals surface area contributed by atoms with E-state index in [4.69, 9.17) is 4.74 Å². The van der Waals surface area contributed by atoms with E-state index in [1.165, 1.54) is 24.3 Å². The number of alkyl halides is 6. The Hall–Kier alpha value is -2.01. The average Bonchev–Trinajstić information content (AvgIpc) is 3.02. The van der Waals surface area contributed by atoms with Crippen LogP contribution in [-0.2, 0) is 9.53 Å². The molecule has 1 N–H and O–H groups in total. The van der Waals surface area contributed by atoms with Crippen LogP contribution in [0.3, 0.4) is 0 Å². The molecule has 5 nitrogen and oxygen atoms in total. The van der Waals surface area contributed by atoms with Gasteiger partial charge in [-0.3, -0.25) is 4.79 Å². The van der Waals surface area contributed by atoms with Crippen LogP contribution in [0.25, 0.3) is 0 Å². The Balaban J connectivity index is 1.53. The summed E-state index contributed by atoms with van der Waals surface area (Å²) in [5.41, 5.74) is -1.38. The molecule has 1 saturated carbocycles. The van der Waals surface area contributed by atoms with E-state index in [2.05, 4.69) is 4.74 Å². The summed E-state index contributed by atoms with van der Waals surface area (Å²) in [7, 11) is 0. The van der Waals surface area contributed by atoms with Crippen LogP contribution in [0.4, 0.5) is 32.0 Å². The monoisotopic (exact) mass is 469 g/mol. The molecule has 1 heterocycles. The maximum Gasteiger partial charge on any atom is 0.422 e. The highest BCUT2D eigenvalue weighted by molar-refractivity contribution is 6.00. The maximum atomic E-state index is 13.1. The van der Waals surface area contributed by atoms with E-state index in [1.807, 2.05) is 0 Å². The number of halogens is 6. The number of nitrogens with zero attached hydrogens (tertiary/aromatic N) is 1. The van der Waals surface area contributed by atoms with Gasteiger partial charge in [-0.25, -0.2) is 0 Å². The van der Waals surface area contributed by atoms with E-state index < -0.39 is 43.0 Å². The SMILES string of the molecule is O=C1N(c2ccc(OCC(F)(F)F)cc2)CC[C@]12CC[C@@](O)(COCCC(F)(F)F)CC2. The molecule has 1 aromatic rings. The molecule has 0 atom stereocenters. The zero-order valence-corrected chi connectivity index (χ0v) is 17.3. The molecule has 1 aliphatic carbocycles. The molecule has 1 spiro atoms. The third-order valence-corrected chi connectivity index (χ3v) is 6.10. The highest BCUT2D eigenvalue weighted by Gasteiger charge is 2.51. The fourth-order valence-corrected chi connectivity index (χ4v) is 4.21. The van der Waals surface area contributed by atoms with Gasteiger partial charge in [0.1, 0.15) is 5.75 Å². The molecule has 3 rings (SSSR count). The summed E-state index contributed by atoms with van der Waals surface area (Å²) >= 11 is 0. The third kappa shape index (κ3) is 6.28. The molecule has 1 aliphatic heterocycles. The molecule has 180 valence electrons. The van der Waals surface area contributed by atoms with E-state index >= 15 is 0 Å². The number of hydrogen-bond acceptors (Lipinski definition) is 4. The zero-order valence-electron chi connectivity index (χ0n) is 17.3. The Morgan fingerprint density at radius 1 is 0.938 bits per heavy atom. The number of carbonyl (C=O) groups is 1. The highest BCUT2D eigenvalue weighted by Crippen LogP contribution is 2.48. The van der Waals surface area contributed by atoms with Gasteiger partial charge in [-0.2, -0.15) is 26.3 Å². The lowest BCUT2D eigenvalue weighted by Gasteiger charge is -2.40. The molecular formula is C21H25F6NO4. The van der Waals surface area contributed by atoms with Crippen molar-refractivity contribution in [3.8, 4) is 5.75 Å². The van der Waals surface area contributed by atoms with Gasteiger partial charge in [0.05, 0.1) is 30.7 Å². The first-order valence-electron chi connectivity index (χ1n) is 10.3. The van der Waals surface area contributed by atoms with Gasteiger partial charge in [0, 0.05) is 12.2 Å². The molecule has 32 heavy (non-hydrogen) atoms. The molecule has 0 unspecified atom stereocenters. The molecule has 1 aromatic carbocycles. The molecule has 11 heteroatoms. The minimum absolute atomic E-state index is 0.0423. The topological polar surface area (TPSA) is 59.0 Å². The summed E-state index contributed by atoms with van der Waals surface area (Å²) in [5, 5.41) is 10.6. The van der Waals surface area contributed by atoms with Gasteiger partial charge in [-0.15, -0.1) is 0 Å². The molecule has 0 aromatic heterocycles. The molecular weight excluding hydrogens is 444 g/mol. The van der Waals surface area contributed by atoms with Gasteiger partial charge in [0.15, 0.2) is 6.61 Å². The van der Waals surface area contributed by atoms with Gasteiger partial charge in [-0.1, -0.05) is 0 Å². The normalized spacial score (nSPS) is 26.7. The van der Waals surface area contributed by atoms with E-state index in [-0.39, 0.29) is 31.1 Å². The van der Waals surface area contributed by atoms with Crippen molar-refractivity contribution in [3.63, 3.8) is 0 Å². The molecule has 1 amide bonds. The van der Waals surface area contributed by atoms with Crippen molar-refractivity contribution in [2.45, 2.75) is 56.5 Å². The second kappa shape index (κ2) is 9.09. The van der Waals surface area contributed by atoms with Crippen molar-refractivity contribution in [1.82, 2.24) is 0 Å². The summed E-state index contributed by atoms with van der Waals surface area (Å²) in [4.78, 5) is 14.7. The van der Waals surface area contributed by atoms with Crippen LogP contribution in [0, 0.1) is 5.41 Å². The lowest BCUT2D eigenvalue weighted by molar-refractivity contribution is -0.156. The molecule has 0 bridgehead atoms. The Kier molecular flexibility index (Phi) is 6.99. The van der Waals surface area contributed by atoms with E-state index in [0.29, 0.717) is 31.5 Å². The standard InChI is InChI=1S/C21H25F6NO4/c22-20(23,24)10-12-31-13-19(30)7-5-18(6-8-19)9-11-28(17(18)29)15-1-3-16(4-2-15)32-14-21(25,26)27/h1-4,30H,5-14H2/t18-,19+. The first kappa shape index (κ1) is 24.6. The van der Waals surface area contributed by atoms with Crippen LogP contribution in [0.1, 0.15) is 38.5 Å². The fraction of sp³-hybridized carbons (Fsp3) is 0.667. The lowest BCUT2D eigenvalue weighted by atomic mass is 9.68. The number of ether oxygens (including phenoxy) is 2. The maximum absolute atomic E-state index is 13.1. The van der Waals surface area contributed by atoms with E-state index in [9.17, 15) is 36.2 Å².